The highest BCUT2D eigenvalue weighted by Gasteiger charge is 2.43. The lowest BCUT2D eigenvalue weighted by Crippen LogP contribution is -2.36. The quantitative estimate of drug-likeness (QED) is 0.196. The number of benzene rings is 3. The van der Waals surface area contributed by atoms with Gasteiger partial charge >= 0.3 is 5.97 Å². The molecule has 0 spiro atoms. The summed E-state index contributed by atoms with van der Waals surface area (Å²) in [6.07, 6.45) is 0. The number of esters is 1. The zero-order chi connectivity index (χ0) is 24.7. The predicted octanol–water partition coefficient (Wildman–Crippen LogP) is 5.69. The fraction of sp³-hybridized carbons (Fsp3) is 0.185. The number of nitrogens with zero attached hydrogens (tertiary/aromatic N) is 2. The van der Waals surface area contributed by atoms with Crippen molar-refractivity contribution in [3.05, 3.63) is 100 Å². The number of nitriles is 1. The largest absolute Gasteiger partial charge is 0.461 e. The fourth-order valence-corrected chi connectivity index (χ4v) is 3.58. The number of nitrogens with one attached hydrogen (secondary N) is 1. The van der Waals surface area contributed by atoms with Crippen LogP contribution < -0.4 is 5.43 Å². The zero-order valence-electron chi connectivity index (χ0n) is 19.1. The molecule has 34 heavy (non-hydrogen) atoms. The summed E-state index contributed by atoms with van der Waals surface area (Å²) in [4.78, 5) is 25.5. The number of aryl methyl sites for hydroxylation is 1. The van der Waals surface area contributed by atoms with Gasteiger partial charge in [-0.05, 0) is 56.2 Å². The minimum absolute atomic E-state index is 0.174. The number of carbonyl (C=O) groups is 2. The van der Waals surface area contributed by atoms with Crippen molar-refractivity contribution in [3.8, 4) is 6.07 Å². The van der Waals surface area contributed by atoms with E-state index in [9.17, 15) is 14.9 Å². The summed E-state index contributed by atoms with van der Waals surface area (Å²) in [6, 6.07) is 22.9. The predicted molar refractivity (Wildman–Crippen MR) is 133 cm³/mol. The van der Waals surface area contributed by atoms with Crippen molar-refractivity contribution in [1.82, 2.24) is 0 Å². The molecule has 0 heterocycles. The molecule has 1 N–H and O–H groups in total. The average molecular weight is 474 g/mol. The van der Waals surface area contributed by atoms with E-state index in [2.05, 4.69) is 16.6 Å². The Kier molecular flexibility index (Phi) is 7.83. The molecule has 0 aliphatic carbocycles. The van der Waals surface area contributed by atoms with E-state index in [1.54, 1.807) is 74.5 Å². The third-order valence-corrected chi connectivity index (χ3v) is 5.59. The number of hydrogen-bond acceptors (Lipinski definition) is 6. The lowest BCUT2D eigenvalue weighted by Gasteiger charge is -2.27. The highest BCUT2D eigenvalue weighted by Crippen LogP contribution is 2.36. The summed E-state index contributed by atoms with van der Waals surface area (Å²) >= 11 is 6.07. The first-order chi connectivity index (χ1) is 16.3. The third-order valence-electron chi connectivity index (χ3n) is 5.34. The minimum atomic E-state index is -1.58. The van der Waals surface area contributed by atoms with Crippen molar-refractivity contribution in [2.75, 3.05) is 12.0 Å². The van der Waals surface area contributed by atoms with E-state index < -0.39 is 11.4 Å². The maximum Gasteiger partial charge on any atom is 0.354 e. The number of hydrazone groups is 1. The molecule has 1 atom stereocenters. The Morgan fingerprint density at radius 3 is 2.09 bits per heavy atom. The number of ketones is 1. The van der Waals surface area contributed by atoms with Crippen LogP contribution in [0.15, 0.2) is 77.9 Å². The maximum atomic E-state index is 13.8. The Hall–Kier alpha value is -3.95. The molecule has 0 bridgehead atoms. The van der Waals surface area contributed by atoms with Gasteiger partial charge in [-0.3, -0.25) is 10.2 Å². The van der Waals surface area contributed by atoms with E-state index in [-0.39, 0.29) is 18.1 Å². The van der Waals surface area contributed by atoms with Gasteiger partial charge in [-0.15, -0.1) is 0 Å². The van der Waals surface area contributed by atoms with Crippen molar-refractivity contribution >= 4 is 34.8 Å². The second-order valence-corrected chi connectivity index (χ2v) is 8.11. The fourth-order valence-electron chi connectivity index (χ4n) is 3.45. The molecular weight excluding hydrogens is 450 g/mol. The highest BCUT2D eigenvalue weighted by atomic mass is 35.5. The number of halogens is 1. The molecule has 0 aliphatic rings. The smallest absolute Gasteiger partial charge is 0.354 e. The monoisotopic (exact) mass is 473 g/mol. The summed E-state index contributed by atoms with van der Waals surface area (Å²) in [5.74, 6) is -0.851. The lowest BCUT2D eigenvalue weighted by atomic mass is 9.70. The number of Topliss-reactive ketones (excluding diaryl/α,β-unsaturated/α-hetero) is 1. The van der Waals surface area contributed by atoms with Crippen LogP contribution in [0.2, 0.25) is 5.02 Å². The molecule has 0 aliphatic heterocycles. The summed E-state index contributed by atoms with van der Waals surface area (Å²) < 4.78 is 4.91. The Bertz CT molecular complexity index is 1240. The van der Waals surface area contributed by atoms with E-state index in [0.29, 0.717) is 27.4 Å². The highest BCUT2D eigenvalue weighted by molar-refractivity contribution is 6.35. The number of hydrogen-bond donors (Lipinski definition) is 1. The molecule has 0 aromatic heterocycles. The molecule has 0 radical (unpaired) electrons. The van der Waals surface area contributed by atoms with Crippen molar-refractivity contribution < 1.29 is 14.3 Å². The molecular formula is C27H24ClN3O3. The first kappa shape index (κ1) is 24.7. The standard InChI is InChI=1S/C27H24ClN3O3/c1-4-34-26(33)19(3)30-31-24-15-11-22(12-16-24)27(17-29,21-9-13-23(28)14-10-21)25(32)20-7-5-18(2)6-8-20/h5-16,31H,4H2,1-3H3/b30-19+. The number of carbonyl (C=O) groups excluding carboxylic acids is 2. The second-order valence-electron chi connectivity index (χ2n) is 7.67. The van der Waals surface area contributed by atoms with Crippen LogP contribution in [0.4, 0.5) is 5.69 Å². The van der Waals surface area contributed by atoms with Gasteiger partial charge in [0.1, 0.15) is 5.71 Å². The van der Waals surface area contributed by atoms with Crippen LogP contribution in [0.5, 0.6) is 0 Å². The van der Waals surface area contributed by atoms with E-state index in [1.165, 1.54) is 0 Å². The maximum absolute atomic E-state index is 13.8. The van der Waals surface area contributed by atoms with Gasteiger partial charge < -0.3 is 4.74 Å². The number of rotatable bonds is 8. The molecule has 1 unspecified atom stereocenters. The number of anilines is 1. The zero-order valence-corrected chi connectivity index (χ0v) is 19.9. The molecule has 0 saturated carbocycles. The molecule has 3 rings (SSSR count). The first-order valence-electron chi connectivity index (χ1n) is 10.7. The van der Waals surface area contributed by atoms with E-state index >= 15 is 0 Å². The van der Waals surface area contributed by atoms with Gasteiger partial charge in [-0.2, -0.15) is 10.4 Å². The average Bonchev–Trinajstić information content (AvgIpc) is 2.85. The van der Waals surface area contributed by atoms with Gasteiger partial charge in [0.05, 0.1) is 18.4 Å². The molecule has 0 saturated heterocycles. The van der Waals surface area contributed by atoms with Gasteiger partial charge in [-0.25, -0.2) is 4.79 Å². The summed E-state index contributed by atoms with van der Waals surface area (Å²) in [6.45, 7) is 5.46. The SMILES string of the molecule is CCOC(=O)/C(C)=N/Nc1ccc(C(C#N)(C(=O)c2ccc(C)cc2)c2ccc(Cl)cc2)cc1. The van der Waals surface area contributed by atoms with Gasteiger partial charge in [0.25, 0.3) is 0 Å². The Morgan fingerprint density at radius 1 is 1.00 bits per heavy atom. The number of ether oxygens (including phenoxy) is 1. The lowest BCUT2D eigenvalue weighted by molar-refractivity contribution is -0.135. The van der Waals surface area contributed by atoms with Gasteiger partial charge in [0.15, 0.2) is 11.2 Å². The molecule has 0 fully saturated rings. The van der Waals surface area contributed by atoms with Gasteiger partial charge in [-0.1, -0.05) is 65.7 Å². The molecule has 3 aromatic carbocycles. The van der Waals surface area contributed by atoms with Crippen LogP contribution in [0.1, 0.15) is 40.9 Å². The molecule has 6 nitrogen and oxygen atoms in total. The summed E-state index contributed by atoms with van der Waals surface area (Å²) in [5.41, 5.74) is 4.43. The normalized spacial score (nSPS) is 12.9. The van der Waals surface area contributed by atoms with Crippen LogP contribution in [0, 0.1) is 18.3 Å². The Morgan fingerprint density at radius 2 is 1.56 bits per heavy atom. The van der Waals surface area contributed by atoms with Crippen LogP contribution in [0.3, 0.4) is 0 Å². The van der Waals surface area contributed by atoms with Crippen molar-refractivity contribution in [2.24, 2.45) is 5.10 Å². The van der Waals surface area contributed by atoms with E-state index in [0.717, 1.165) is 5.56 Å². The summed E-state index contributed by atoms with van der Waals surface area (Å²) in [5, 5.41) is 14.9. The second kappa shape index (κ2) is 10.8. The topological polar surface area (TPSA) is 91.5 Å². The van der Waals surface area contributed by atoms with Crippen LogP contribution in [0.25, 0.3) is 0 Å². The minimum Gasteiger partial charge on any atom is -0.461 e. The Labute approximate surface area is 203 Å². The van der Waals surface area contributed by atoms with Crippen molar-refractivity contribution in [3.63, 3.8) is 0 Å². The third kappa shape index (κ3) is 5.16. The Balaban J connectivity index is 2.03. The van der Waals surface area contributed by atoms with Crippen LogP contribution in [-0.2, 0) is 14.9 Å². The van der Waals surface area contributed by atoms with Gasteiger partial charge in [0, 0.05) is 10.6 Å². The van der Waals surface area contributed by atoms with Crippen LogP contribution >= 0.6 is 11.6 Å². The van der Waals surface area contributed by atoms with Gasteiger partial charge in [0.2, 0.25) is 0 Å². The van der Waals surface area contributed by atoms with Crippen LogP contribution in [-0.4, -0.2) is 24.1 Å². The van der Waals surface area contributed by atoms with Crippen molar-refractivity contribution in [2.45, 2.75) is 26.2 Å². The molecule has 172 valence electrons. The van der Waals surface area contributed by atoms with E-state index in [1.807, 2.05) is 19.1 Å². The van der Waals surface area contributed by atoms with E-state index in [4.69, 9.17) is 16.3 Å². The molecule has 0 amide bonds. The van der Waals surface area contributed by atoms with Crippen molar-refractivity contribution in [1.29, 1.82) is 5.26 Å². The summed E-state index contributed by atoms with van der Waals surface area (Å²) in [7, 11) is 0. The first-order valence-corrected chi connectivity index (χ1v) is 11.1. The molecule has 3 aromatic rings. The molecule has 7 heteroatoms.